The molecule has 0 unspecified atom stereocenters. The van der Waals surface area contributed by atoms with E-state index >= 15 is 0 Å². The van der Waals surface area contributed by atoms with Gasteiger partial charge >= 0.3 is 0 Å². The number of carbonyl (C=O) groups excluding carboxylic acids is 1. The minimum Gasteiger partial charge on any atom is -0.489 e. The number of hydrogen-bond acceptors (Lipinski definition) is 3. The number of hydrogen-bond donors (Lipinski definition) is 2. The first-order valence-electron chi connectivity index (χ1n) is 7.60. The molecule has 0 aliphatic heterocycles. The third-order valence-electron chi connectivity index (χ3n) is 3.26. The SMILES string of the molecule is Cl.NCCCNC(=O)Cc1cccc(OCc2cccc(Cl)c2)c1. The summed E-state index contributed by atoms with van der Waals surface area (Å²) >= 11 is 5.95. The van der Waals surface area contributed by atoms with E-state index in [1.807, 2.05) is 48.5 Å². The van der Waals surface area contributed by atoms with Crippen LogP contribution in [0.5, 0.6) is 5.75 Å². The summed E-state index contributed by atoms with van der Waals surface area (Å²) in [5, 5.41) is 3.53. The second-order valence-corrected chi connectivity index (χ2v) is 5.67. The van der Waals surface area contributed by atoms with Crippen LogP contribution in [0.15, 0.2) is 48.5 Å². The van der Waals surface area contributed by atoms with Crippen molar-refractivity contribution in [3.05, 3.63) is 64.7 Å². The normalized spacial score (nSPS) is 9.92. The predicted molar refractivity (Wildman–Crippen MR) is 99.9 cm³/mol. The van der Waals surface area contributed by atoms with Crippen LogP contribution in [0.3, 0.4) is 0 Å². The van der Waals surface area contributed by atoms with E-state index in [9.17, 15) is 4.79 Å². The van der Waals surface area contributed by atoms with Crippen molar-refractivity contribution in [1.82, 2.24) is 5.32 Å². The molecule has 0 fully saturated rings. The maximum Gasteiger partial charge on any atom is 0.224 e. The minimum atomic E-state index is -0.00885. The number of ether oxygens (including phenoxy) is 1. The molecule has 0 aromatic heterocycles. The summed E-state index contributed by atoms with van der Waals surface area (Å²) in [5.41, 5.74) is 7.32. The molecule has 0 spiro atoms. The van der Waals surface area contributed by atoms with Crippen LogP contribution in [0.25, 0.3) is 0 Å². The lowest BCUT2D eigenvalue weighted by atomic mass is 10.1. The lowest BCUT2D eigenvalue weighted by molar-refractivity contribution is -0.120. The molecule has 0 atom stereocenters. The van der Waals surface area contributed by atoms with Gasteiger partial charge in [0.1, 0.15) is 12.4 Å². The summed E-state index contributed by atoms with van der Waals surface area (Å²) in [7, 11) is 0. The Morgan fingerprint density at radius 3 is 2.62 bits per heavy atom. The van der Waals surface area contributed by atoms with Crippen LogP contribution in [-0.2, 0) is 17.8 Å². The van der Waals surface area contributed by atoms with Gasteiger partial charge in [0.15, 0.2) is 0 Å². The number of nitrogens with two attached hydrogens (primary N) is 1. The lowest BCUT2D eigenvalue weighted by Gasteiger charge is -2.09. The number of carbonyl (C=O) groups is 1. The number of amides is 1. The largest absolute Gasteiger partial charge is 0.489 e. The molecule has 0 saturated heterocycles. The van der Waals surface area contributed by atoms with Crippen molar-refractivity contribution in [2.24, 2.45) is 5.73 Å². The average Bonchev–Trinajstić information content (AvgIpc) is 2.54. The summed E-state index contributed by atoms with van der Waals surface area (Å²) in [6, 6.07) is 15.1. The van der Waals surface area contributed by atoms with E-state index in [4.69, 9.17) is 22.1 Å². The smallest absolute Gasteiger partial charge is 0.224 e. The fraction of sp³-hybridized carbons (Fsp3) is 0.278. The first kappa shape index (κ1) is 20.3. The maximum atomic E-state index is 11.8. The molecule has 2 aromatic rings. The van der Waals surface area contributed by atoms with Crippen molar-refractivity contribution in [3.63, 3.8) is 0 Å². The molecule has 0 heterocycles. The lowest BCUT2D eigenvalue weighted by Crippen LogP contribution is -2.27. The number of rotatable bonds is 8. The molecule has 2 aromatic carbocycles. The first-order chi connectivity index (χ1) is 11.2. The molecule has 2 rings (SSSR count). The van der Waals surface area contributed by atoms with E-state index in [0.29, 0.717) is 31.1 Å². The Balaban J connectivity index is 0.00000288. The summed E-state index contributed by atoms with van der Waals surface area (Å²) in [6.45, 7) is 1.63. The van der Waals surface area contributed by atoms with Gasteiger partial charge in [0.05, 0.1) is 6.42 Å². The van der Waals surface area contributed by atoms with Gasteiger partial charge in [-0.15, -0.1) is 12.4 Å². The van der Waals surface area contributed by atoms with Crippen LogP contribution in [0.4, 0.5) is 0 Å². The Kier molecular flexibility index (Phi) is 9.23. The standard InChI is InChI=1S/C18H21ClN2O2.ClH/c19-16-6-1-5-15(10-16)13-23-17-7-2-4-14(11-17)12-18(22)21-9-3-8-20;/h1-2,4-7,10-11H,3,8-9,12-13,20H2,(H,21,22);1H. The van der Waals surface area contributed by atoms with Crippen molar-refractivity contribution in [2.45, 2.75) is 19.4 Å². The first-order valence-corrected chi connectivity index (χ1v) is 7.98. The predicted octanol–water partition coefficient (Wildman–Crippen LogP) is 3.35. The molecule has 0 aliphatic carbocycles. The Labute approximate surface area is 153 Å². The monoisotopic (exact) mass is 368 g/mol. The third-order valence-corrected chi connectivity index (χ3v) is 3.50. The quantitative estimate of drug-likeness (QED) is 0.702. The minimum absolute atomic E-state index is 0. The molecule has 24 heavy (non-hydrogen) atoms. The molecular formula is C18H22Cl2N2O2. The summed E-state index contributed by atoms with van der Waals surface area (Å²) in [4.78, 5) is 11.8. The topological polar surface area (TPSA) is 64.3 Å². The van der Waals surface area contributed by atoms with Gasteiger partial charge < -0.3 is 15.8 Å². The zero-order valence-corrected chi connectivity index (χ0v) is 14.9. The van der Waals surface area contributed by atoms with Crippen LogP contribution in [0, 0.1) is 0 Å². The molecule has 6 heteroatoms. The van der Waals surface area contributed by atoms with Crippen molar-refractivity contribution in [1.29, 1.82) is 0 Å². The molecule has 0 bridgehead atoms. The fourth-order valence-electron chi connectivity index (χ4n) is 2.12. The molecule has 0 aliphatic rings. The van der Waals surface area contributed by atoms with E-state index in [0.717, 1.165) is 23.3 Å². The highest BCUT2D eigenvalue weighted by molar-refractivity contribution is 6.30. The van der Waals surface area contributed by atoms with Crippen LogP contribution in [0.2, 0.25) is 5.02 Å². The van der Waals surface area contributed by atoms with Gasteiger partial charge in [-0.2, -0.15) is 0 Å². The van der Waals surface area contributed by atoms with Crippen molar-refractivity contribution in [3.8, 4) is 5.75 Å². The van der Waals surface area contributed by atoms with Gasteiger partial charge in [0, 0.05) is 11.6 Å². The van der Waals surface area contributed by atoms with Crippen molar-refractivity contribution >= 4 is 29.9 Å². The highest BCUT2D eigenvalue weighted by Gasteiger charge is 2.04. The van der Waals surface area contributed by atoms with Crippen LogP contribution < -0.4 is 15.8 Å². The van der Waals surface area contributed by atoms with Crippen LogP contribution >= 0.6 is 24.0 Å². The molecule has 0 saturated carbocycles. The van der Waals surface area contributed by atoms with Crippen LogP contribution in [0.1, 0.15) is 17.5 Å². The van der Waals surface area contributed by atoms with Crippen molar-refractivity contribution in [2.75, 3.05) is 13.1 Å². The van der Waals surface area contributed by atoms with E-state index in [1.165, 1.54) is 0 Å². The van der Waals surface area contributed by atoms with Gasteiger partial charge in [0.25, 0.3) is 0 Å². The van der Waals surface area contributed by atoms with Gasteiger partial charge in [0.2, 0.25) is 5.91 Å². The number of nitrogens with one attached hydrogen (secondary N) is 1. The van der Waals surface area contributed by atoms with Gasteiger partial charge in [-0.3, -0.25) is 4.79 Å². The number of benzene rings is 2. The Bertz CT molecular complexity index is 650. The third kappa shape index (κ3) is 7.21. The Morgan fingerprint density at radius 1 is 1.12 bits per heavy atom. The maximum absolute atomic E-state index is 11.8. The highest BCUT2D eigenvalue weighted by Crippen LogP contribution is 2.17. The highest BCUT2D eigenvalue weighted by atomic mass is 35.5. The van der Waals surface area contributed by atoms with E-state index in [2.05, 4.69) is 5.32 Å². The molecule has 1 amide bonds. The van der Waals surface area contributed by atoms with Gasteiger partial charge in [-0.1, -0.05) is 35.9 Å². The van der Waals surface area contributed by atoms with E-state index in [1.54, 1.807) is 0 Å². The van der Waals surface area contributed by atoms with Crippen LogP contribution in [-0.4, -0.2) is 19.0 Å². The Hall–Kier alpha value is -1.75. The number of halogens is 2. The Morgan fingerprint density at radius 2 is 1.88 bits per heavy atom. The van der Waals surface area contributed by atoms with E-state index in [-0.39, 0.29) is 18.3 Å². The van der Waals surface area contributed by atoms with Gasteiger partial charge in [-0.05, 0) is 48.4 Å². The van der Waals surface area contributed by atoms with E-state index < -0.39 is 0 Å². The summed E-state index contributed by atoms with van der Waals surface area (Å²) < 4.78 is 5.76. The second kappa shape index (κ2) is 10.9. The van der Waals surface area contributed by atoms with Crippen molar-refractivity contribution < 1.29 is 9.53 Å². The second-order valence-electron chi connectivity index (χ2n) is 5.23. The zero-order valence-electron chi connectivity index (χ0n) is 13.3. The summed E-state index contributed by atoms with van der Waals surface area (Å²) in [5.74, 6) is 0.725. The molecule has 4 nitrogen and oxygen atoms in total. The fourth-order valence-corrected chi connectivity index (χ4v) is 2.33. The molecule has 0 radical (unpaired) electrons. The molecular weight excluding hydrogens is 347 g/mol. The zero-order chi connectivity index (χ0) is 16.5. The molecule has 130 valence electrons. The molecule has 3 N–H and O–H groups in total. The van der Waals surface area contributed by atoms with Gasteiger partial charge in [-0.25, -0.2) is 0 Å². The average molecular weight is 369 g/mol. The summed E-state index contributed by atoms with van der Waals surface area (Å²) in [6.07, 6.45) is 1.12.